The van der Waals surface area contributed by atoms with Crippen LogP contribution in [0.2, 0.25) is 0 Å². The number of amides is 2. The Kier molecular flexibility index (Phi) is 5.06. The Morgan fingerprint density at radius 3 is 2.50 bits per heavy atom. The molecule has 0 atom stereocenters. The second-order valence-electron chi connectivity index (χ2n) is 4.71. The molecule has 1 aromatic carbocycles. The summed E-state index contributed by atoms with van der Waals surface area (Å²) in [6, 6.07) is 5.75. The molecule has 5 nitrogen and oxygen atoms in total. The van der Waals surface area contributed by atoms with Crippen LogP contribution in [0.5, 0.6) is 0 Å². The molecule has 2 N–H and O–H groups in total. The normalized spacial score (nSPS) is 14.9. The first kappa shape index (κ1) is 14.5. The molecule has 0 aliphatic carbocycles. The zero-order valence-corrected chi connectivity index (χ0v) is 11.2. The van der Waals surface area contributed by atoms with Crippen LogP contribution in [-0.4, -0.2) is 49.4 Å². The molecule has 20 heavy (non-hydrogen) atoms. The van der Waals surface area contributed by atoms with E-state index in [1.54, 1.807) is 17.0 Å². The molecular formula is C14H18FN3O2. The number of benzene rings is 1. The van der Waals surface area contributed by atoms with Gasteiger partial charge in [-0.05, 0) is 17.7 Å². The van der Waals surface area contributed by atoms with Crippen molar-refractivity contribution in [1.82, 2.24) is 15.5 Å². The molecule has 1 heterocycles. The van der Waals surface area contributed by atoms with Crippen LogP contribution >= 0.6 is 0 Å². The van der Waals surface area contributed by atoms with Crippen molar-refractivity contribution in [3.63, 3.8) is 0 Å². The van der Waals surface area contributed by atoms with E-state index in [0.29, 0.717) is 13.1 Å². The summed E-state index contributed by atoms with van der Waals surface area (Å²) in [6.07, 6.45) is 0.148. The highest BCUT2D eigenvalue weighted by atomic mass is 19.1. The van der Waals surface area contributed by atoms with Gasteiger partial charge in [-0.1, -0.05) is 12.1 Å². The molecule has 108 valence electrons. The largest absolute Gasteiger partial charge is 0.347 e. The van der Waals surface area contributed by atoms with Crippen LogP contribution in [0.1, 0.15) is 5.56 Å². The maximum atomic E-state index is 12.7. The monoisotopic (exact) mass is 279 g/mol. The van der Waals surface area contributed by atoms with Gasteiger partial charge in [-0.3, -0.25) is 9.59 Å². The van der Waals surface area contributed by atoms with Gasteiger partial charge in [0.25, 0.3) is 0 Å². The van der Waals surface area contributed by atoms with Crippen molar-refractivity contribution in [1.29, 1.82) is 0 Å². The van der Waals surface area contributed by atoms with Gasteiger partial charge in [0.2, 0.25) is 11.8 Å². The van der Waals surface area contributed by atoms with Crippen LogP contribution in [0, 0.1) is 5.82 Å². The molecule has 0 bridgehead atoms. The fraction of sp³-hybridized carbons (Fsp3) is 0.429. The Balaban J connectivity index is 1.74. The first-order chi connectivity index (χ1) is 9.65. The first-order valence-corrected chi connectivity index (χ1v) is 6.65. The lowest BCUT2D eigenvalue weighted by molar-refractivity contribution is -0.133. The summed E-state index contributed by atoms with van der Waals surface area (Å²) >= 11 is 0. The van der Waals surface area contributed by atoms with Gasteiger partial charge in [-0.15, -0.1) is 0 Å². The van der Waals surface area contributed by atoms with Crippen molar-refractivity contribution in [2.24, 2.45) is 0 Å². The highest BCUT2D eigenvalue weighted by molar-refractivity contribution is 5.85. The van der Waals surface area contributed by atoms with E-state index in [4.69, 9.17) is 0 Å². The molecule has 1 fully saturated rings. The molecule has 1 aliphatic heterocycles. The Labute approximate surface area is 117 Å². The van der Waals surface area contributed by atoms with E-state index in [-0.39, 0.29) is 30.6 Å². The Morgan fingerprint density at radius 2 is 1.85 bits per heavy atom. The average molecular weight is 279 g/mol. The zero-order chi connectivity index (χ0) is 14.4. The Morgan fingerprint density at radius 1 is 1.20 bits per heavy atom. The quantitative estimate of drug-likeness (QED) is 0.810. The average Bonchev–Trinajstić information content (AvgIpc) is 2.48. The molecule has 0 aromatic heterocycles. The molecule has 2 amide bonds. The maximum absolute atomic E-state index is 12.7. The second-order valence-corrected chi connectivity index (χ2v) is 4.71. The van der Waals surface area contributed by atoms with Crippen molar-refractivity contribution in [3.8, 4) is 0 Å². The molecule has 0 radical (unpaired) electrons. The van der Waals surface area contributed by atoms with Gasteiger partial charge in [0.15, 0.2) is 0 Å². The summed E-state index contributed by atoms with van der Waals surface area (Å²) < 4.78 is 12.7. The third kappa shape index (κ3) is 4.31. The van der Waals surface area contributed by atoms with Gasteiger partial charge in [0, 0.05) is 26.2 Å². The van der Waals surface area contributed by atoms with Gasteiger partial charge >= 0.3 is 0 Å². The maximum Gasteiger partial charge on any atom is 0.242 e. The standard InChI is InChI=1S/C14H18FN3O2/c15-12-3-1-11(2-4-12)9-13(19)17-10-14(20)18-7-5-16-6-8-18/h1-4,16H,5-10H2,(H,17,19). The van der Waals surface area contributed by atoms with Gasteiger partial charge in [0.05, 0.1) is 13.0 Å². The fourth-order valence-electron chi connectivity index (χ4n) is 2.05. The number of rotatable bonds is 4. The topological polar surface area (TPSA) is 61.4 Å². The highest BCUT2D eigenvalue weighted by Crippen LogP contribution is 2.03. The smallest absolute Gasteiger partial charge is 0.242 e. The van der Waals surface area contributed by atoms with Crippen LogP contribution in [0.15, 0.2) is 24.3 Å². The van der Waals surface area contributed by atoms with Crippen LogP contribution in [0.25, 0.3) is 0 Å². The fourth-order valence-corrected chi connectivity index (χ4v) is 2.05. The number of carbonyl (C=O) groups excluding carboxylic acids is 2. The second kappa shape index (κ2) is 7.00. The number of piperazine rings is 1. The minimum absolute atomic E-state index is 0.0139. The van der Waals surface area contributed by atoms with Gasteiger partial charge in [-0.2, -0.15) is 0 Å². The lowest BCUT2D eigenvalue weighted by atomic mass is 10.1. The third-order valence-corrected chi connectivity index (χ3v) is 3.18. The van der Waals surface area contributed by atoms with E-state index >= 15 is 0 Å². The number of hydrogen-bond acceptors (Lipinski definition) is 3. The lowest BCUT2D eigenvalue weighted by Crippen LogP contribution is -2.49. The van der Waals surface area contributed by atoms with Crippen molar-refractivity contribution in [2.45, 2.75) is 6.42 Å². The van der Waals surface area contributed by atoms with Crippen molar-refractivity contribution >= 4 is 11.8 Å². The summed E-state index contributed by atoms with van der Waals surface area (Å²) in [5.74, 6) is -0.637. The molecule has 1 aliphatic rings. The number of halogens is 1. The zero-order valence-electron chi connectivity index (χ0n) is 11.2. The summed E-state index contributed by atoms with van der Waals surface area (Å²) in [5, 5.41) is 5.76. The minimum atomic E-state index is -0.331. The number of nitrogens with zero attached hydrogens (tertiary/aromatic N) is 1. The van der Waals surface area contributed by atoms with Crippen molar-refractivity contribution in [3.05, 3.63) is 35.6 Å². The molecule has 0 unspecified atom stereocenters. The molecule has 0 spiro atoms. The van der Waals surface area contributed by atoms with Gasteiger partial charge in [0.1, 0.15) is 5.82 Å². The lowest BCUT2D eigenvalue weighted by Gasteiger charge is -2.27. The summed E-state index contributed by atoms with van der Waals surface area (Å²) in [4.78, 5) is 25.3. The molecule has 0 saturated carbocycles. The van der Waals surface area contributed by atoms with E-state index in [9.17, 15) is 14.0 Å². The van der Waals surface area contributed by atoms with E-state index in [0.717, 1.165) is 18.7 Å². The van der Waals surface area contributed by atoms with E-state index in [1.165, 1.54) is 12.1 Å². The van der Waals surface area contributed by atoms with Crippen LogP contribution in [0.3, 0.4) is 0 Å². The molecule has 2 rings (SSSR count). The van der Waals surface area contributed by atoms with Gasteiger partial charge in [-0.25, -0.2) is 4.39 Å². The van der Waals surface area contributed by atoms with Crippen LogP contribution < -0.4 is 10.6 Å². The first-order valence-electron chi connectivity index (χ1n) is 6.65. The van der Waals surface area contributed by atoms with Crippen molar-refractivity contribution in [2.75, 3.05) is 32.7 Å². The summed E-state index contributed by atoms with van der Waals surface area (Å²) in [7, 11) is 0. The van der Waals surface area contributed by atoms with E-state index in [2.05, 4.69) is 10.6 Å². The van der Waals surface area contributed by atoms with Gasteiger partial charge < -0.3 is 15.5 Å². The number of carbonyl (C=O) groups is 2. The molecular weight excluding hydrogens is 261 g/mol. The molecule has 1 aromatic rings. The Bertz CT molecular complexity index is 470. The molecule has 1 saturated heterocycles. The Hall–Kier alpha value is -1.95. The van der Waals surface area contributed by atoms with E-state index in [1.807, 2.05) is 0 Å². The summed E-state index contributed by atoms with van der Waals surface area (Å²) in [5.41, 5.74) is 0.721. The van der Waals surface area contributed by atoms with E-state index < -0.39 is 0 Å². The summed E-state index contributed by atoms with van der Waals surface area (Å²) in [6.45, 7) is 2.93. The van der Waals surface area contributed by atoms with Crippen LogP contribution in [0.4, 0.5) is 4.39 Å². The number of nitrogens with one attached hydrogen (secondary N) is 2. The highest BCUT2D eigenvalue weighted by Gasteiger charge is 2.16. The van der Waals surface area contributed by atoms with Crippen LogP contribution in [-0.2, 0) is 16.0 Å². The predicted octanol–water partition coefficient (Wildman–Crippen LogP) is -0.0838. The number of hydrogen-bond donors (Lipinski definition) is 2. The molecule has 6 heteroatoms. The SMILES string of the molecule is O=C(Cc1ccc(F)cc1)NCC(=O)N1CCNCC1. The van der Waals surface area contributed by atoms with Crippen molar-refractivity contribution < 1.29 is 14.0 Å². The predicted molar refractivity (Wildman–Crippen MR) is 72.6 cm³/mol. The third-order valence-electron chi connectivity index (χ3n) is 3.18. The minimum Gasteiger partial charge on any atom is -0.347 e.